The van der Waals surface area contributed by atoms with Crippen molar-refractivity contribution >= 4 is 5.91 Å². The Hall–Kier alpha value is -0.570. The highest BCUT2D eigenvalue weighted by atomic mass is 16.5. The summed E-state index contributed by atoms with van der Waals surface area (Å²) < 4.78 is 5.16. The van der Waals surface area contributed by atoms with Crippen molar-refractivity contribution in [3.8, 4) is 0 Å². The van der Waals surface area contributed by atoms with E-state index >= 15 is 0 Å². The van der Waals surface area contributed by atoms with Gasteiger partial charge in [-0.2, -0.15) is 0 Å². The van der Waals surface area contributed by atoms with Gasteiger partial charge in [-0.3, -0.25) is 4.79 Å². The highest BCUT2D eigenvalue weighted by Crippen LogP contribution is 2.03. The lowest BCUT2D eigenvalue weighted by Crippen LogP contribution is -2.40. The summed E-state index contributed by atoms with van der Waals surface area (Å²) in [4.78, 5) is 13.3. The summed E-state index contributed by atoms with van der Waals surface area (Å²) in [7, 11) is 0. The molecule has 1 aliphatic heterocycles. The molecule has 1 saturated heterocycles. The minimum atomic E-state index is 0. The van der Waals surface area contributed by atoms with Crippen LogP contribution in [0.5, 0.6) is 0 Å². The van der Waals surface area contributed by atoms with Gasteiger partial charge in [0.05, 0.1) is 13.2 Å². The second kappa shape index (κ2) is 6.89. The van der Waals surface area contributed by atoms with Crippen molar-refractivity contribution in [2.24, 2.45) is 0 Å². The van der Waals surface area contributed by atoms with Crippen molar-refractivity contribution in [2.75, 3.05) is 26.3 Å². The first-order valence-corrected chi connectivity index (χ1v) is 4.70. The molecule has 0 aromatic carbocycles. The minimum absolute atomic E-state index is 0. The molecule has 0 aromatic rings. The molecule has 0 radical (unpaired) electrons. The number of carbonyl (C=O) groups is 1. The molecule has 0 aliphatic carbocycles. The van der Waals surface area contributed by atoms with Crippen molar-refractivity contribution in [1.29, 1.82) is 0 Å². The Bertz CT molecular complexity index is 142. The summed E-state index contributed by atoms with van der Waals surface area (Å²) in [6.45, 7) is 5.08. The van der Waals surface area contributed by atoms with Crippen LogP contribution in [0.3, 0.4) is 0 Å². The molecule has 0 spiro atoms. The number of unbranched alkanes of at least 4 members (excludes halogenated alkanes) is 1. The first-order chi connectivity index (χ1) is 5.84. The van der Waals surface area contributed by atoms with Gasteiger partial charge in [-0.05, 0) is 6.42 Å². The Morgan fingerprint density at radius 1 is 1.38 bits per heavy atom. The molecule has 1 fully saturated rings. The monoisotopic (exact) mass is 187 g/mol. The second-order valence-corrected chi connectivity index (χ2v) is 3.10. The summed E-state index contributed by atoms with van der Waals surface area (Å²) in [5, 5.41) is 0. The number of hydrogen-bond donors (Lipinski definition) is 0. The number of hydrogen-bond acceptors (Lipinski definition) is 2. The number of rotatable bonds is 3. The maximum atomic E-state index is 11.4. The Kier molecular flexibility index (Phi) is 6.59. The molecule has 1 heterocycles. The molecular formula is C10H21NO2. The smallest absolute Gasteiger partial charge is 0.222 e. The molecule has 3 heteroatoms. The van der Waals surface area contributed by atoms with E-state index in [1.165, 1.54) is 0 Å². The van der Waals surface area contributed by atoms with Crippen LogP contribution >= 0.6 is 0 Å². The van der Waals surface area contributed by atoms with Gasteiger partial charge in [0.25, 0.3) is 0 Å². The van der Waals surface area contributed by atoms with Crippen molar-refractivity contribution in [2.45, 2.75) is 33.6 Å². The van der Waals surface area contributed by atoms with Crippen molar-refractivity contribution < 1.29 is 9.53 Å². The van der Waals surface area contributed by atoms with Crippen LogP contribution in [0.4, 0.5) is 0 Å². The molecule has 0 N–H and O–H groups in total. The normalized spacial score (nSPS) is 16.5. The minimum Gasteiger partial charge on any atom is -0.378 e. The SMILES string of the molecule is C.CCCCC(=O)N1CCOCC1. The third-order valence-corrected chi connectivity index (χ3v) is 2.11. The molecule has 0 unspecified atom stereocenters. The van der Waals surface area contributed by atoms with Crippen molar-refractivity contribution in [3.63, 3.8) is 0 Å². The van der Waals surface area contributed by atoms with E-state index in [0.29, 0.717) is 25.5 Å². The quantitative estimate of drug-likeness (QED) is 0.672. The molecule has 13 heavy (non-hydrogen) atoms. The van der Waals surface area contributed by atoms with Gasteiger partial charge in [0, 0.05) is 19.5 Å². The van der Waals surface area contributed by atoms with E-state index in [-0.39, 0.29) is 7.43 Å². The standard InChI is InChI=1S/C9H17NO2.CH4/c1-2-3-4-9(11)10-5-7-12-8-6-10;/h2-8H2,1H3;1H4. The molecule has 1 rings (SSSR count). The fraction of sp³-hybridized carbons (Fsp3) is 0.900. The van der Waals surface area contributed by atoms with E-state index in [1.807, 2.05) is 4.90 Å². The molecule has 1 aliphatic rings. The molecule has 3 nitrogen and oxygen atoms in total. The topological polar surface area (TPSA) is 29.5 Å². The zero-order valence-corrected chi connectivity index (χ0v) is 7.71. The predicted octanol–water partition coefficient (Wildman–Crippen LogP) is 1.67. The van der Waals surface area contributed by atoms with Crippen molar-refractivity contribution in [3.05, 3.63) is 0 Å². The fourth-order valence-corrected chi connectivity index (χ4v) is 1.30. The number of carbonyl (C=O) groups excluding carboxylic acids is 1. The maximum Gasteiger partial charge on any atom is 0.222 e. The summed E-state index contributed by atoms with van der Waals surface area (Å²) in [5.74, 6) is 0.292. The zero-order valence-electron chi connectivity index (χ0n) is 7.71. The summed E-state index contributed by atoms with van der Waals surface area (Å²) in [6.07, 6.45) is 2.81. The van der Waals surface area contributed by atoms with Gasteiger partial charge in [-0.15, -0.1) is 0 Å². The predicted molar refractivity (Wildman–Crippen MR) is 53.7 cm³/mol. The Morgan fingerprint density at radius 3 is 2.54 bits per heavy atom. The van der Waals surface area contributed by atoms with Crippen LogP contribution in [-0.2, 0) is 9.53 Å². The van der Waals surface area contributed by atoms with Gasteiger partial charge in [0.15, 0.2) is 0 Å². The average Bonchev–Trinajstić information content (AvgIpc) is 2.15. The van der Waals surface area contributed by atoms with Crippen LogP contribution in [0.2, 0.25) is 0 Å². The molecular weight excluding hydrogens is 166 g/mol. The lowest BCUT2D eigenvalue weighted by atomic mass is 10.2. The van der Waals surface area contributed by atoms with Gasteiger partial charge in [0.1, 0.15) is 0 Å². The number of ether oxygens (including phenoxy) is 1. The Balaban J connectivity index is 0.00000144. The van der Waals surface area contributed by atoms with E-state index < -0.39 is 0 Å². The lowest BCUT2D eigenvalue weighted by Gasteiger charge is -2.26. The summed E-state index contributed by atoms with van der Waals surface area (Å²) in [6, 6.07) is 0. The second-order valence-electron chi connectivity index (χ2n) is 3.10. The van der Waals surface area contributed by atoms with Crippen LogP contribution in [0, 0.1) is 0 Å². The van der Waals surface area contributed by atoms with Crippen LogP contribution in [0.1, 0.15) is 33.6 Å². The Labute approximate surface area is 81.1 Å². The van der Waals surface area contributed by atoms with Gasteiger partial charge in [-0.1, -0.05) is 20.8 Å². The first kappa shape index (κ1) is 12.4. The van der Waals surface area contributed by atoms with E-state index in [2.05, 4.69) is 6.92 Å². The summed E-state index contributed by atoms with van der Waals surface area (Å²) >= 11 is 0. The van der Waals surface area contributed by atoms with Crippen molar-refractivity contribution in [1.82, 2.24) is 4.90 Å². The average molecular weight is 187 g/mol. The summed E-state index contributed by atoms with van der Waals surface area (Å²) in [5.41, 5.74) is 0. The van der Waals surface area contributed by atoms with Crippen LogP contribution in [0.15, 0.2) is 0 Å². The van der Waals surface area contributed by atoms with Crippen LogP contribution in [-0.4, -0.2) is 37.1 Å². The highest BCUT2D eigenvalue weighted by Gasteiger charge is 2.15. The highest BCUT2D eigenvalue weighted by molar-refractivity contribution is 5.76. The zero-order chi connectivity index (χ0) is 8.81. The van der Waals surface area contributed by atoms with E-state index in [1.54, 1.807) is 0 Å². The third-order valence-electron chi connectivity index (χ3n) is 2.11. The molecule has 1 amide bonds. The van der Waals surface area contributed by atoms with E-state index in [0.717, 1.165) is 25.9 Å². The molecule has 0 saturated carbocycles. The van der Waals surface area contributed by atoms with Crippen LogP contribution in [0.25, 0.3) is 0 Å². The van der Waals surface area contributed by atoms with Gasteiger partial charge >= 0.3 is 0 Å². The Morgan fingerprint density at radius 2 is 2.00 bits per heavy atom. The molecule has 0 bridgehead atoms. The largest absolute Gasteiger partial charge is 0.378 e. The van der Waals surface area contributed by atoms with Gasteiger partial charge in [-0.25, -0.2) is 0 Å². The van der Waals surface area contributed by atoms with Crippen LogP contribution < -0.4 is 0 Å². The molecule has 78 valence electrons. The van der Waals surface area contributed by atoms with E-state index in [9.17, 15) is 4.79 Å². The van der Waals surface area contributed by atoms with E-state index in [4.69, 9.17) is 4.74 Å². The molecule has 0 atom stereocenters. The lowest BCUT2D eigenvalue weighted by molar-refractivity contribution is -0.135. The fourth-order valence-electron chi connectivity index (χ4n) is 1.30. The molecule has 0 aromatic heterocycles. The number of nitrogens with zero attached hydrogens (tertiary/aromatic N) is 1. The number of morpholine rings is 1. The number of amides is 1. The van der Waals surface area contributed by atoms with Gasteiger partial charge in [0.2, 0.25) is 5.91 Å². The third kappa shape index (κ3) is 4.27. The first-order valence-electron chi connectivity index (χ1n) is 4.70. The van der Waals surface area contributed by atoms with Gasteiger partial charge < -0.3 is 9.64 Å². The maximum absolute atomic E-state index is 11.4.